The van der Waals surface area contributed by atoms with Crippen molar-refractivity contribution in [1.29, 1.82) is 0 Å². The van der Waals surface area contributed by atoms with Crippen LogP contribution in [0, 0.1) is 17.8 Å². The Kier molecular flexibility index (Phi) is 3.70. The number of carbonyl (C=O) groups is 2. The van der Waals surface area contributed by atoms with E-state index in [1.807, 2.05) is 12.1 Å². The van der Waals surface area contributed by atoms with E-state index in [9.17, 15) is 9.59 Å². The van der Waals surface area contributed by atoms with Crippen LogP contribution in [0.25, 0.3) is 0 Å². The Labute approximate surface area is 125 Å². The molecule has 2 aliphatic carbocycles. The Morgan fingerprint density at radius 1 is 1.19 bits per heavy atom. The van der Waals surface area contributed by atoms with E-state index in [2.05, 4.69) is 5.32 Å². The van der Waals surface area contributed by atoms with E-state index in [4.69, 9.17) is 0 Å². The Morgan fingerprint density at radius 2 is 2.00 bits per heavy atom. The Bertz CT molecular complexity index is 568. The molecule has 3 rings (SSSR count). The Hall–Kier alpha value is -1.84. The van der Waals surface area contributed by atoms with E-state index in [1.165, 1.54) is 24.2 Å². The summed E-state index contributed by atoms with van der Waals surface area (Å²) in [5.74, 6) is 1.56. The third kappa shape index (κ3) is 2.80. The summed E-state index contributed by atoms with van der Waals surface area (Å²) in [5, 5.41) is 2.99. The van der Waals surface area contributed by atoms with E-state index in [0.717, 1.165) is 18.0 Å². The van der Waals surface area contributed by atoms with Crippen molar-refractivity contribution in [2.45, 2.75) is 25.7 Å². The van der Waals surface area contributed by atoms with Crippen molar-refractivity contribution in [3.05, 3.63) is 29.8 Å². The number of nitrogens with zero attached hydrogens (tertiary/aromatic N) is 1. The summed E-state index contributed by atoms with van der Waals surface area (Å²) in [4.78, 5) is 25.9. The normalized spacial score (nSPS) is 26.7. The minimum absolute atomic E-state index is 0.0500. The highest BCUT2D eigenvalue weighted by Gasteiger charge is 2.42. The number of anilines is 1. The molecule has 3 atom stereocenters. The van der Waals surface area contributed by atoms with Crippen LogP contribution < -0.4 is 5.32 Å². The maximum Gasteiger partial charge on any atom is 0.253 e. The molecule has 0 aromatic heterocycles. The van der Waals surface area contributed by atoms with E-state index in [-0.39, 0.29) is 17.7 Å². The zero-order valence-corrected chi connectivity index (χ0v) is 12.6. The standard InChI is InChI=1S/C17H22N2O2/c1-19(2)17(21)13-4-3-5-14(10-13)18-16(20)15-9-11-6-7-12(15)8-11/h3-5,10-12,15H,6-9H2,1-2H3,(H,18,20). The molecule has 2 fully saturated rings. The van der Waals surface area contributed by atoms with Gasteiger partial charge in [-0.25, -0.2) is 0 Å². The van der Waals surface area contributed by atoms with Crippen LogP contribution in [0.4, 0.5) is 5.69 Å². The number of hydrogen-bond donors (Lipinski definition) is 1. The highest BCUT2D eigenvalue weighted by atomic mass is 16.2. The minimum Gasteiger partial charge on any atom is -0.345 e. The summed E-state index contributed by atoms with van der Waals surface area (Å²) in [6.45, 7) is 0. The van der Waals surface area contributed by atoms with Crippen LogP contribution in [0.2, 0.25) is 0 Å². The minimum atomic E-state index is -0.0500. The van der Waals surface area contributed by atoms with Gasteiger partial charge in [-0.1, -0.05) is 12.5 Å². The van der Waals surface area contributed by atoms with E-state index < -0.39 is 0 Å². The fourth-order valence-electron chi connectivity index (χ4n) is 3.79. The zero-order chi connectivity index (χ0) is 15.0. The van der Waals surface area contributed by atoms with Crippen LogP contribution in [0.15, 0.2) is 24.3 Å². The molecule has 0 aliphatic heterocycles. The van der Waals surface area contributed by atoms with Gasteiger partial charge in [0.15, 0.2) is 0 Å². The van der Waals surface area contributed by atoms with Gasteiger partial charge in [-0.3, -0.25) is 9.59 Å². The molecule has 3 unspecified atom stereocenters. The van der Waals surface area contributed by atoms with E-state index >= 15 is 0 Å². The smallest absolute Gasteiger partial charge is 0.253 e. The molecule has 2 amide bonds. The Morgan fingerprint density at radius 3 is 2.62 bits per heavy atom. The molecule has 112 valence electrons. The van der Waals surface area contributed by atoms with Gasteiger partial charge in [-0.15, -0.1) is 0 Å². The molecule has 1 aromatic carbocycles. The molecule has 0 radical (unpaired) electrons. The third-order valence-electron chi connectivity index (χ3n) is 4.86. The fourth-order valence-corrected chi connectivity index (χ4v) is 3.79. The molecule has 0 heterocycles. The highest BCUT2D eigenvalue weighted by Crippen LogP contribution is 2.48. The topological polar surface area (TPSA) is 49.4 Å². The first kappa shape index (κ1) is 14.1. The van der Waals surface area contributed by atoms with Crippen molar-refractivity contribution in [3.63, 3.8) is 0 Å². The first-order valence-electron chi connectivity index (χ1n) is 7.67. The van der Waals surface area contributed by atoms with Gasteiger partial charge in [0.2, 0.25) is 5.91 Å². The molecule has 1 N–H and O–H groups in total. The summed E-state index contributed by atoms with van der Waals surface area (Å²) in [6, 6.07) is 7.19. The van der Waals surface area contributed by atoms with Gasteiger partial charge < -0.3 is 10.2 Å². The quantitative estimate of drug-likeness (QED) is 0.929. The number of rotatable bonds is 3. The monoisotopic (exact) mass is 286 g/mol. The molecular weight excluding hydrogens is 264 g/mol. The number of amides is 2. The van der Waals surface area contributed by atoms with Gasteiger partial charge in [-0.05, 0) is 49.3 Å². The predicted molar refractivity (Wildman–Crippen MR) is 82.0 cm³/mol. The zero-order valence-electron chi connectivity index (χ0n) is 12.6. The summed E-state index contributed by atoms with van der Waals surface area (Å²) in [5.41, 5.74) is 1.32. The highest BCUT2D eigenvalue weighted by molar-refractivity contribution is 5.97. The molecule has 0 saturated heterocycles. The van der Waals surface area contributed by atoms with Crippen LogP contribution in [-0.2, 0) is 4.79 Å². The number of benzene rings is 1. The molecule has 2 bridgehead atoms. The van der Waals surface area contributed by atoms with Crippen LogP contribution >= 0.6 is 0 Å². The molecule has 2 saturated carbocycles. The Balaban J connectivity index is 1.69. The lowest BCUT2D eigenvalue weighted by molar-refractivity contribution is -0.121. The van der Waals surface area contributed by atoms with Crippen LogP contribution in [-0.4, -0.2) is 30.8 Å². The van der Waals surface area contributed by atoms with E-state index in [1.54, 1.807) is 26.2 Å². The predicted octanol–water partition coefficient (Wildman–Crippen LogP) is 2.76. The largest absolute Gasteiger partial charge is 0.345 e. The summed E-state index contributed by atoms with van der Waals surface area (Å²) >= 11 is 0. The second-order valence-electron chi connectivity index (χ2n) is 6.55. The third-order valence-corrected chi connectivity index (χ3v) is 4.86. The average Bonchev–Trinajstić information content (AvgIpc) is 3.09. The number of nitrogens with one attached hydrogen (secondary N) is 1. The molecular formula is C17H22N2O2. The van der Waals surface area contributed by atoms with Gasteiger partial charge in [0.1, 0.15) is 0 Å². The summed E-state index contributed by atoms with van der Waals surface area (Å²) in [6.07, 6.45) is 4.74. The van der Waals surface area contributed by atoms with Crippen molar-refractivity contribution >= 4 is 17.5 Å². The van der Waals surface area contributed by atoms with Crippen molar-refractivity contribution < 1.29 is 9.59 Å². The van der Waals surface area contributed by atoms with Gasteiger partial charge in [-0.2, -0.15) is 0 Å². The molecule has 0 spiro atoms. The number of fused-ring (bicyclic) bond motifs is 2. The van der Waals surface area contributed by atoms with Crippen molar-refractivity contribution in [2.24, 2.45) is 17.8 Å². The first-order valence-corrected chi connectivity index (χ1v) is 7.67. The number of carbonyl (C=O) groups excluding carboxylic acids is 2. The van der Waals surface area contributed by atoms with Crippen molar-refractivity contribution in [1.82, 2.24) is 4.90 Å². The van der Waals surface area contributed by atoms with Gasteiger partial charge in [0.05, 0.1) is 0 Å². The lowest BCUT2D eigenvalue weighted by atomic mass is 9.88. The molecule has 4 heteroatoms. The van der Waals surface area contributed by atoms with Gasteiger partial charge in [0, 0.05) is 31.3 Å². The van der Waals surface area contributed by atoms with Gasteiger partial charge >= 0.3 is 0 Å². The fraction of sp³-hybridized carbons (Fsp3) is 0.529. The average molecular weight is 286 g/mol. The van der Waals surface area contributed by atoms with Gasteiger partial charge in [0.25, 0.3) is 5.91 Å². The molecule has 4 nitrogen and oxygen atoms in total. The van der Waals surface area contributed by atoms with Crippen LogP contribution in [0.5, 0.6) is 0 Å². The van der Waals surface area contributed by atoms with Crippen molar-refractivity contribution in [3.8, 4) is 0 Å². The van der Waals surface area contributed by atoms with Crippen LogP contribution in [0.3, 0.4) is 0 Å². The molecule has 21 heavy (non-hydrogen) atoms. The van der Waals surface area contributed by atoms with E-state index in [0.29, 0.717) is 11.5 Å². The second-order valence-corrected chi connectivity index (χ2v) is 6.55. The molecule has 2 aliphatic rings. The maximum atomic E-state index is 12.4. The van der Waals surface area contributed by atoms with Crippen LogP contribution in [0.1, 0.15) is 36.0 Å². The van der Waals surface area contributed by atoms with Crippen molar-refractivity contribution in [2.75, 3.05) is 19.4 Å². The summed E-state index contributed by atoms with van der Waals surface area (Å²) < 4.78 is 0. The maximum absolute atomic E-state index is 12.4. The number of hydrogen-bond acceptors (Lipinski definition) is 2. The SMILES string of the molecule is CN(C)C(=O)c1cccc(NC(=O)C2CC3CCC2C3)c1. The lowest BCUT2D eigenvalue weighted by Gasteiger charge is -2.21. The second kappa shape index (κ2) is 5.51. The lowest BCUT2D eigenvalue weighted by Crippen LogP contribution is -2.27. The molecule has 1 aromatic rings. The summed E-state index contributed by atoms with van der Waals surface area (Å²) in [7, 11) is 3.45. The first-order chi connectivity index (χ1) is 10.0.